The fourth-order valence-corrected chi connectivity index (χ4v) is 5.05. The predicted octanol–water partition coefficient (Wildman–Crippen LogP) is 2.91. The minimum absolute atomic E-state index is 0.167. The minimum atomic E-state index is -0.487. The summed E-state index contributed by atoms with van der Waals surface area (Å²) in [6, 6.07) is 27.6. The Morgan fingerprint density at radius 3 is 2.05 bits per heavy atom. The first-order valence-corrected chi connectivity index (χ1v) is 12.3. The third-order valence-electron chi connectivity index (χ3n) is 6.96. The van der Waals surface area contributed by atoms with Gasteiger partial charge in [-0.3, -0.25) is 18.5 Å². The molecular weight excluding hydrogens is 480 g/mol. The van der Waals surface area contributed by atoms with Crippen molar-refractivity contribution >= 4 is 22.8 Å². The van der Waals surface area contributed by atoms with Gasteiger partial charge in [-0.1, -0.05) is 84.9 Å². The van der Waals surface area contributed by atoms with E-state index in [2.05, 4.69) is 24.3 Å². The highest BCUT2D eigenvalue weighted by molar-refractivity contribution is 6.07. The number of anilines is 1. The number of imidazole rings is 1. The first-order valence-electron chi connectivity index (χ1n) is 12.3. The molecule has 1 aliphatic rings. The molecule has 1 N–H and O–H groups in total. The van der Waals surface area contributed by atoms with Crippen molar-refractivity contribution in [3.05, 3.63) is 117 Å². The van der Waals surface area contributed by atoms with Crippen molar-refractivity contribution in [2.75, 3.05) is 18.2 Å². The maximum absolute atomic E-state index is 13.5. The Hall–Kier alpha value is -4.76. The molecule has 5 aromatic rings. The van der Waals surface area contributed by atoms with E-state index in [1.165, 1.54) is 11.6 Å². The van der Waals surface area contributed by atoms with Crippen LogP contribution in [0, 0.1) is 0 Å². The largest absolute Gasteiger partial charge is 0.394 e. The molecular formula is C29H26N6O3. The lowest BCUT2D eigenvalue weighted by Gasteiger charge is -2.32. The number of nitrogens with zero attached hydrogens (tertiary/aromatic N) is 6. The first kappa shape index (κ1) is 23.6. The van der Waals surface area contributed by atoms with E-state index in [0.29, 0.717) is 17.2 Å². The lowest BCUT2D eigenvalue weighted by Crippen LogP contribution is -2.40. The van der Waals surface area contributed by atoms with Crippen LogP contribution in [0.1, 0.15) is 17.2 Å². The summed E-state index contributed by atoms with van der Waals surface area (Å²) in [5.74, 6) is 0.394. The molecule has 9 heteroatoms. The van der Waals surface area contributed by atoms with Gasteiger partial charge >= 0.3 is 5.69 Å². The molecule has 2 aromatic heterocycles. The van der Waals surface area contributed by atoms with Crippen molar-refractivity contribution in [1.29, 1.82) is 0 Å². The van der Waals surface area contributed by atoms with E-state index >= 15 is 0 Å². The quantitative estimate of drug-likeness (QED) is 0.395. The molecule has 1 atom stereocenters. The molecule has 190 valence electrons. The first-order chi connectivity index (χ1) is 18.5. The molecule has 0 fully saturated rings. The van der Waals surface area contributed by atoms with Gasteiger partial charge in [0, 0.05) is 19.7 Å². The van der Waals surface area contributed by atoms with Crippen LogP contribution in [-0.2, 0) is 14.1 Å². The third kappa shape index (κ3) is 3.67. The van der Waals surface area contributed by atoms with Crippen molar-refractivity contribution in [3.8, 4) is 11.1 Å². The number of hydrazone groups is 1. The fourth-order valence-electron chi connectivity index (χ4n) is 5.05. The normalized spacial score (nSPS) is 15.0. The summed E-state index contributed by atoms with van der Waals surface area (Å²) in [6.45, 7) is 0.00453. The van der Waals surface area contributed by atoms with Crippen molar-refractivity contribution in [2.24, 2.45) is 19.2 Å². The minimum Gasteiger partial charge on any atom is -0.394 e. The number of aromatic nitrogens is 4. The van der Waals surface area contributed by atoms with Gasteiger partial charge in [-0.05, 0) is 16.7 Å². The Kier molecular flexibility index (Phi) is 5.77. The predicted molar refractivity (Wildman–Crippen MR) is 148 cm³/mol. The van der Waals surface area contributed by atoms with Crippen molar-refractivity contribution in [2.45, 2.75) is 6.04 Å². The van der Waals surface area contributed by atoms with Crippen LogP contribution in [0.15, 0.2) is 99.6 Å². The maximum atomic E-state index is 13.5. The van der Waals surface area contributed by atoms with E-state index in [0.717, 1.165) is 26.8 Å². The van der Waals surface area contributed by atoms with E-state index in [4.69, 9.17) is 10.1 Å². The average Bonchev–Trinajstić information content (AvgIpc) is 3.37. The summed E-state index contributed by atoms with van der Waals surface area (Å²) in [4.78, 5) is 30.9. The Morgan fingerprint density at radius 1 is 0.789 bits per heavy atom. The van der Waals surface area contributed by atoms with Gasteiger partial charge in [0.15, 0.2) is 11.2 Å². The second kappa shape index (κ2) is 9.28. The van der Waals surface area contributed by atoms with Gasteiger partial charge < -0.3 is 5.11 Å². The molecule has 0 saturated heterocycles. The SMILES string of the molecule is Cn1c(=O)c2c(nc3n2[C@H](c2ccccc2)C(c2ccc(-c4ccccc4)cc2)=NN3CCO)n(C)c1=O. The molecule has 0 spiro atoms. The highest BCUT2D eigenvalue weighted by Crippen LogP contribution is 2.36. The second-order valence-electron chi connectivity index (χ2n) is 9.25. The topological polar surface area (TPSA) is 97.7 Å². The molecule has 3 heterocycles. The number of hydrogen-bond donors (Lipinski definition) is 1. The molecule has 0 saturated carbocycles. The molecule has 0 unspecified atom stereocenters. The average molecular weight is 507 g/mol. The lowest BCUT2D eigenvalue weighted by atomic mass is 9.94. The maximum Gasteiger partial charge on any atom is 0.332 e. The number of aliphatic hydroxyl groups excluding tert-OH is 1. The van der Waals surface area contributed by atoms with Gasteiger partial charge in [0.2, 0.25) is 5.95 Å². The van der Waals surface area contributed by atoms with E-state index < -0.39 is 17.3 Å². The number of aliphatic hydroxyl groups is 1. The molecule has 0 radical (unpaired) electrons. The summed E-state index contributed by atoms with van der Waals surface area (Å²) in [5.41, 5.74) is 4.35. The number of benzene rings is 3. The fraction of sp³-hybridized carbons (Fsp3) is 0.172. The number of aryl methyl sites for hydroxylation is 1. The van der Waals surface area contributed by atoms with Crippen LogP contribution >= 0.6 is 0 Å². The lowest BCUT2D eigenvalue weighted by molar-refractivity contribution is 0.301. The van der Waals surface area contributed by atoms with Crippen LogP contribution in [0.5, 0.6) is 0 Å². The zero-order chi connectivity index (χ0) is 26.4. The van der Waals surface area contributed by atoms with Gasteiger partial charge in [-0.25, -0.2) is 9.80 Å². The van der Waals surface area contributed by atoms with Gasteiger partial charge in [0.05, 0.1) is 18.9 Å². The number of β-amino-alcohol motifs (C(OH)–C–C–N with tert-alkyl or cyclic N) is 1. The van der Waals surface area contributed by atoms with Crippen molar-refractivity contribution in [1.82, 2.24) is 18.7 Å². The standard InChI is InChI=1S/C29H26N6O3/c1-32-26-25(27(37)33(2)29(32)38)35-24(22-11-7-4-8-12-22)23(31-34(17-18-36)28(35)30-26)21-15-13-20(14-16-21)19-9-5-3-6-10-19/h3-16,24,36H,17-18H2,1-2H3/t24-/m1/s1. The van der Waals surface area contributed by atoms with Gasteiger partial charge in [-0.2, -0.15) is 10.1 Å². The van der Waals surface area contributed by atoms with Crippen molar-refractivity contribution in [3.63, 3.8) is 0 Å². The van der Waals surface area contributed by atoms with Crippen LogP contribution < -0.4 is 16.3 Å². The van der Waals surface area contributed by atoms with Crippen LogP contribution in [0.4, 0.5) is 5.95 Å². The van der Waals surface area contributed by atoms with Crippen LogP contribution in [0.2, 0.25) is 0 Å². The molecule has 1 aliphatic heterocycles. The summed E-state index contributed by atoms with van der Waals surface area (Å²) in [5, 5.41) is 16.4. The van der Waals surface area contributed by atoms with Gasteiger partial charge in [-0.15, -0.1) is 0 Å². The summed E-state index contributed by atoms with van der Waals surface area (Å²) in [6.07, 6.45) is 0. The molecule has 0 bridgehead atoms. The monoisotopic (exact) mass is 506 g/mol. The summed E-state index contributed by atoms with van der Waals surface area (Å²) < 4.78 is 4.31. The number of rotatable bonds is 5. The zero-order valence-corrected chi connectivity index (χ0v) is 21.0. The molecule has 6 rings (SSSR count). The Morgan fingerprint density at radius 2 is 1.39 bits per heavy atom. The Bertz CT molecular complexity index is 1780. The molecule has 9 nitrogen and oxygen atoms in total. The Balaban J connectivity index is 1.62. The highest BCUT2D eigenvalue weighted by atomic mass is 16.3. The summed E-state index contributed by atoms with van der Waals surface area (Å²) >= 11 is 0. The number of fused-ring (bicyclic) bond motifs is 3. The zero-order valence-electron chi connectivity index (χ0n) is 21.0. The van der Waals surface area contributed by atoms with Gasteiger partial charge in [0.25, 0.3) is 5.56 Å². The van der Waals surface area contributed by atoms with Crippen molar-refractivity contribution < 1.29 is 5.11 Å². The number of hydrogen-bond acceptors (Lipinski definition) is 6. The smallest absolute Gasteiger partial charge is 0.332 e. The van der Waals surface area contributed by atoms with E-state index in [-0.39, 0.29) is 18.8 Å². The van der Waals surface area contributed by atoms with E-state index in [9.17, 15) is 14.7 Å². The van der Waals surface area contributed by atoms with Gasteiger partial charge in [0.1, 0.15) is 6.04 Å². The van der Waals surface area contributed by atoms with Crippen LogP contribution in [0.3, 0.4) is 0 Å². The highest BCUT2D eigenvalue weighted by Gasteiger charge is 2.35. The molecule has 38 heavy (non-hydrogen) atoms. The summed E-state index contributed by atoms with van der Waals surface area (Å²) in [7, 11) is 3.06. The van der Waals surface area contributed by atoms with E-state index in [1.807, 2.05) is 65.2 Å². The van der Waals surface area contributed by atoms with Crippen LogP contribution in [0.25, 0.3) is 22.3 Å². The van der Waals surface area contributed by atoms with Crippen LogP contribution in [-0.4, -0.2) is 42.7 Å². The second-order valence-corrected chi connectivity index (χ2v) is 9.25. The third-order valence-corrected chi connectivity index (χ3v) is 6.96. The van der Waals surface area contributed by atoms with E-state index in [1.54, 1.807) is 12.1 Å². The Labute approximate surface area is 218 Å². The molecule has 0 aliphatic carbocycles. The molecule has 3 aromatic carbocycles. The molecule has 0 amide bonds.